The van der Waals surface area contributed by atoms with E-state index < -0.39 is 12.0 Å². The summed E-state index contributed by atoms with van der Waals surface area (Å²) in [5, 5.41) is 3.69. The fourth-order valence-corrected chi connectivity index (χ4v) is 5.68. The molecule has 0 aliphatic carbocycles. The fraction of sp³-hybridized carbons (Fsp3) is 0.367. The van der Waals surface area contributed by atoms with E-state index in [1.807, 2.05) is 43.0 Å². The van der Waals surface area contributed by atoms with E-state index in [0.717, 1.165) is 5.56 Å². The minimum absolute atomic E-state index is 0.0126. The largest absolute Gasteiger partial charge is 0.463 e. The van der Waals surface area contributed by atoms with Crippen molar-refractivity contribution < 1.29 is 19.1 Å². The Bertz CT molecular complexity index is 1330. The molecule has 0 aromatic heterocycles. The van der Waals surface area contributed by atoms with Crippen LogP contribution in [0, 0.1) is 6.92 Å². The highest BCUT2D eigenvalue weighted by atomic mass is 35.5. The van der Waals surface area contributed by atoms with E-state index in [4.69, 9.17) is 27.9 Å². The van der Waals surface area contributed by atoms with Gasteiger partial charge in [0.2, 0.25) is 0 Å². The average molecular weight is 586 g/mol. The molecule has 2 unspecified atom stereocenters. The van der Waals surface area contributed by atoms with Crippen molar-refractivity contribution in [3.8, 4) is 0 Å². The third-order valence-electron chi connectivity index (χ3n) is 7.16. The summed E-state index contributed by atoms with van der Waals surface area (Å²) in [6.07, 6.45) is 1.61. The third kappa shape index (κ3) is 6.35. The van der Waals surface area contributed by atoms with Crippen LogP contribution in [0.2, 0.25) is 10.0 Å². The number of esters is 1. The van der Waals surface area contributed by atoms with Gasteiger partial charge >= 0.3 is 12.0 Å². The predicted octanol–water partition coefficient (Wildman–Crippen LogP) is 5.22. The molecule has 8 nitrogen and oxygen atoms in total. The number of urea groups is 1. The summed E-state index contributed by atoms with van der Waals surface area (Å²) in [6.45, 7) is 11.8. The molecule has 40 heavy (non-hydrogen) atoms. The van der Waals surface area contributed by atoms with Crippen molar-refractivity contribution >= 4 is 41.1 Å². The van der Waals surface area contributed by atoms with E-state index in [1.165, 1.54) is 4.90 Å². The second-order valence-electron chi connectivity index (χ2n) is 9.98. The van der Waals surface area contributed by atoms with Gasteiger partial charge in [-0.15, -0.1) is 6.58 Å². The second-order valence-corrected chi connectivity index (χ2v) is 10.8. The fourth-order valence-electron chi connectivity index (χ4n) is 5.17. The maximum absolute atomic E-state index is 13.4. The number of nitrogens with zero attached hydrogens (tertiary/aromatic N) is 3. The van der Waals surface area contributed by atoms with Crippen LogP contribution in [0.5, 0.6) is 0 Å². The first-order chi connectivity index (χ1) is 19.1. The van der Waals surface area contributed by atoms with Gasteiger partial charge < -0.3 is 15.0 Å². The number of rotatable bonds is 8. The zero-order chi connectivity index (χ0) is 29.0. The van der Waals surface area contributed by atoms with Gasteiger partial charge in [0, 0.05) is 60.1 Å². The molecule has 2 atom stereocenters. The third-order valence-corrected chi connectivity index (χ3v) is 7.73. The Morgan fingerprint density at radius 3 is 2.50 bits per heavy atom. The summed E-state index contributed by atoms with van der Waals surface area (Å²) in [4.78, 5) is 45.5. The Morgan fingerprint density at radius 2 is 1.88 bits per heavy atom. The normalized spacial score (nSPS) is 19.9. The summed E-state index contributed by atoms with van der Waals surface area (Å²) in [6, 6.07) is 11.2. The maximum Gasteiger partial charge on any atom is 0.338 e. The van der Waals surface area contributed by atoms with Gasteiger partial charge in [-0.2, -0.15) is 0 Å². The first kappa shape index (κ1) is 29.6. The Morgan fingerprint density at radius 1 is 1.15 bits per heavy atom. The second kappa shape index (κ2) is 12.9. The van der Waals surface area contributed by atoms with Crippen molar-refractivity contribution in [2.24, 2.45) is 0 Å². The number of aryl methyl sites for hydroxylation is 1. The van der Waals surface area contributed by atoms with Gasteiger partial charge in [-0.05, 0) is 50.6 Å². The molecule has 1 saturated heterocycles. The molecule has 2 aromatic rings. The van der Waals surface area contributed by atoms with Gasteiger partial charge in [0.25, 0.3) is 5.91 Å². The summed E-state index contributed by atoms with van der Waals surface area (Å²) >= 11 is 12.6. The molecule has 4 rings (SSSR count). The molecule has 0 bridgehead atoms. The SMILES string of the molecule is C=CCN1C(=O)NC(c2ccc(Cl)cc2Cl)C(C(=O)OCC)=C1CN1CCN(C(=O)c2ccc(C)cc2)C(C)C1. The zero-order valence-electron chi connectivity index (χ0n) is 23.0. The molecule has 2 aliphatic rings. The monoisotopic (exact) mass is 584 g/mol. The van der Waals surface area contributed by atoms with Crippen LogP contribution in [-0.2, 0) is 9.53 Å². The van der Waals surface area contributed by atoms with Crippen LogP contribution in [-0.4, -0.2) is 78.0 Å². The Kier molecular flexibility index (Phi) is 9.56. The zero-order valence-corrected chi connectivity index (χ0v) is 24.5. The van der Waals surface area contributed by atoms with Gasteiger partial charge in [-0.1, -0.05) is 53.0 Å². The lowest BCUT2D eigenvalue weighted by Crippen LogP contribution is -2.56. The number of carbonyl (C=O) groups is 3. The minimum atomic E-state index is -0.825. The number of hydrogen-bond donors (Lipinski definition) is 1. The molecule has 0 radical (unpaired) electrons. The van der Waals surface area contributed by atoms with Crippen LogP contribution in [0.15, 0.2) is 66.4 Å². The van der Waals surface area contributed by atoms with Crippen molar-refractivity contribution in [1.29, 1.82) is 0 Å². The van der Waals surface area contributed by atoms with Crippen LogP contribution < -0.4 is 5.32 Å². The van der Waals surface area contributed by atoms with Crippen molar-refractivity contribution in [2.75, 3.05) is 39.3 Å². The van der Waals surface area contributed by atoms with Crippen molar-refractivity contribution in [3.05, 3.63) is 93.1 Å². The number of ether oxygens (including phenoxy) is 1. The molecule has 212 valence electrons. The first-order valence-electron chi connectivity index (χ1n) is 13.3. The van der Waals surface area contributed by atoms with Gasteiger partial charge in [0.1, 0.15) is 0 Å². The number of carbonyl (C=O) groups excluding carboxylic acids is 3. The van der Waals surface area contributed by atoms with E-state index >= 15 is 0 Å². The molecule has 0 saturated carbocycles. The van der Waals surface area contributed by atoms with Crippen LogP contribution in [0.25, 0.3) is 0 Å². The smallest absolute Gasteiger partial charge is 0.338 e. The van der Waals surface area contributed by atoms with Crippen LogP contribution in [0.4, 0.5) is 4.79 Å². The Labute approximate surface area is 245 Å². The first-order valence-corrected chi connectivity index (χ1v) is 14.0. The minimum Gasteiger partial charge on any atom is -0.463 e. The maximum atomic E-state index is 13.4. The summed E-state index contributed by atoms with van der Waals surface area (Å²) < 4.78 is 5.46. The van der Waals surface area contributed by atoms with E-state index in [-0.39, 0.29) is 31.1 Å². The number of amides is 3. The summed E-state index contributed by atoms with van der Waals surface area (Å²) in [7, 11) is 0. The molecular formula is C30H34Cl2N4O4. The number of piperazine rings is 1. The lowest BCUT2D eigenvalue weighted by molar-refractivity contribution is -0.139. The molecule has 2 aromatic carbocycles. The van der Waals surface area contributed by atoms with Crippen LogP contribution >= 0.6 is 23.2 Å². The van der Waals surface area contributed by atoms with E-state index in [0.29, 0.717) is 58.6 Å². The van der Waals surface area contributed by atoms with Gasteiger partial charge in [0.15, 0.2) is 0 Å². The quantitative estimate of drug-likeness (QED) is 0.340. The standard InChI is InChI=1S/C30H34Cl2N4O4/c1-5-13-36-25(18-34-14-15-35(20(4)17-34)28(37)21-9-7-19(3)8-10-21)26(29(38)40-6-2)27(33-30(36)39)23-12-11-22(31)16-24(23)32/h5,7-12,16,20,27H,1,6,13-15,17-18H2,2-4H3,(H,33,39). The lowest BCUT2D eigenvalue weighted by Gasteiger charge is -2.43. The summed E-state index contributed by atoms with van der Waals surface area (Å²) in [5.41, 5.74) is 3.11. The molecule has 0 spiro atoms. The predicted molar refractivity (Wildman–Crippen MR) is 156 cm³/mol. The van der Waals surface area contributed by atoms with E-state index in [1.54, 1.807) is 31.2 Å². The highest BCUT2D eigenvalue weighted by molar-refractivity contribution is 6.35. The highest BCUT2D eigenvalue weighted by Crippen LogP contribution is 2.36. The van der Waals surface area contributed by atoms with Gasteiger partial charge in [-0.25, -0.2) is 9.59 Å². The number of nitrogens with one attached hydrogen (secondary N) is 1. The molecule has 2 heterocycles. The van der Waals surface area contributed by atoms with Crippen molar-refractivity contribution in [3.63, 3.8) is 0 Å². The van der Waals surface area contributed by atoms with Crippen LogP contribution in [0.1, 0.15) is 41.4 Å². The highest BCUT2D eigenvalue weighted by Gasteiger charge is 2.40. The lowest BCUT2D eigenvalue weighted by atomic mass is 9.93. The molecule has 2 aliphatic heterocycles. The molecule has 10 heteroatoms. The molecule has 1 N–H and O–H groups in total. The molecule has 3 amide bonds. The number of benzene rings is 2. The number of hydrogen-bond acceptors (Lipinski definition) is 5. The topological polar surface area (TPSA) is 82.2 Å². The van der Waals surface area contributed by atoms with Crippen molar-refractivity contribution in [1.82, 2.24) is 20.0 Å². The average Bonchev–Trinajstić information content (AvgIpc) is 2.91. The van der Waals surface area contributed by atoms with Crippen LogP contribution in [0.3, 0.4) is 0 Å². The van der Waals surface area contributed by atoms with E-state index in [9.17, 15) is 14.4 Å². The van der Waals surface area contributed by atoms with Crippen molar-refractivity contribution in [2.45, 2.75) is 32.9 Å². The number of halogens is 2. The summed E-state index contributed by atoms with van der Waals surface area (Å²) in [5.74, 6) is -0.551. The van der Waals surface area contributed by atoms with E-state index in [2.05, 4.69) is 16.8 Å². The van der Waals surface area contributed by atoms with Gasteiger partial charge in [-0.3, -0.25) is 14.6 Å². The Hall–Kier alpha value is -3.33. The van der Waals surface area contributed by atoms with Gasteiger partial charge in [0.05, 0.1) is 18.2 Å². The molecule has 1 fully saturated rings. The molecular weight excluding hydrogens is 551 g/mol. The Balaban J connectivity index is 1.67.